The van der Waals surface area contributed by atoms with Gasteiger partial charge in [0.1, 0.15) is 5.82 Å². The van der Waals surface area contributed by atoms with E-state index in [1.807, 2.05) is 39.2 Å². The fourth-order valence-electron chi connectivity index (χ4n) is 1.48. The van der Waals surface area contributed by atoms with Crippen molar-refractivity contribution in [3.05, 3.63) is 34.6 Å². The van der Waals surface area contributed by atoms with Crippen LogP contribution in [0, 0.1) is 19.7 Å². The Hall–Kier alpha value is -0.760. The molecule has 0 aliphatic rings. The number of hydrogen-bond acceptors (Lipinski definition) is 1. The Morgan fingerprint density at radius 1 is 1.29 bits per heavy atom. The zero-order valence-electron chi connectivity index (χ0n) is 9.02. The summed E-state index contributed by atoms with van der Waals surface area (Å²) in [6.45, 7) is 5.94. The number of hydrogen-bond donors (Lipinski definition) is 0. The molecule has 0 aromatic heterocycles. The maximum Gasteiger partial charge on any atom is 0.137 e. The lowest BCUT2D eigenvalue weighted by atomic mass is 10.0. The van der Waals surface area contributed by atoms with E-state index in [4.69, 9.17) is 0 Å². The van der Waals surface area contributed by atoms with E-state index in [1.165, 1.54) is 11.8 Å². The molecule has 76 valence electrons. The van der Waals surface area contributed by atoms with Crippen LogP contribution in [0.25, 0.3) is 6.08 Å². The van der Waals surface area contributed by atoms with Crippen molar-refractivity contribution < 1.29 is 4.39 Å². The van der Waals surface area contributed by atoms with Crippen LogP contribution in [0.2, 0.25) is 0 Å². The maximum absolute atomic E-state index is 13.6. The highest BCUT2D eigenvalue weighted by atomic mass is 32.2. The molecule has 0 amide bonds. The van der Waals surface area contributed by atoms with Crippen molar-refractivity contribution in [2.75, 3.05) is 6.26 Å². The zero-order chi connectivity index (χ0) is 10.7. The monoisotopic (exact) mass is 210 g/mol. The molecule has 0 heterocycles. The molecule has 0 nitrogen and oxygen atoms in total. The molecule has 1 aromatic carbocycles. The van der Waals surface area contributed by atoms with E-state index in [9.17, 15) is 4.39 Å². The van der Waals surface area contributed by atoms with Crippen LogP contribution in [0.15, 0.2) is 17.0 Å². The molecule has 0 spiro atoms. The van der Waals surface area contributed by atoms with E-state index in [2.05, 4.69) is 0 Å². The highest BCUT2D eigenvalue weighted by Crippen LogP contribution is 2.28. The summed E-state index contributed by atoms with van der Waals surface area (Å²) in [4.78, 5) is 0.760. The maximum atomic E-state index is 13.6. The predicted molar refractivity (Wildman–Crippen MR) is 62.4 cm³/mol. The molecule has 0 atom stereocenters. The van der Waals surface area contributed by atoms with Gasteiger partial charge in [0.15, 0.2) is 0 Å². The van der Waals surface area contributed by atoms with E-state index in [1.54, 1.807) is 6.07 Å². The van der Waals surface area contributed by atoms with Crippen molar-refractivity contribution in [1.29, 1.82) is 0 Å². The summed E-state index contributed by atoms with van der Waals surface area (Å²) in [5.74, 6) is -0.117. The van der Waals surface area contributed by atoms with Crippen molar-refractivity contribution in [1.82, 2.24) is 0 Å². The van der Waals surface area contributed by atoms with Crippen LogP contribution in [-0.2, 0) is 0 Å². The summed E-state index contributed by atoms with van der Waals surface area (Å²) in [6.07, 6.45) is 5.77. The van der Waals surface area contributed by atoms with Gasteiger partial charge in [-0.15, -0.1) is 11.8 Å². The summed E-state index contributed by atoms with van der Waals surface area (Å²) >= 11 is 1.46. The molecule has 0 radical (unpaired) electrons. The Labute approximate surface area is 89.2 Å². The van der Waals surface area contributed by atoms with Crippen LogP contribution in [0.3, 0.4) is 0 Å². The standard InChI is InChI=1S/C12H15FS/c1-5-6-10-7-11(13)12(14-4)9(3)8(10)2/h5-7H,1-4H3. The molecule has 1 rings (SSSR count). The second kappa shape index (κ2) is 4.65. The fourth-order valence-corrected chi connectivity index (χ4v) is 2.19. The Morgan fingerprint density at radius 3 is 2.43 bits per heavy atom. The molecule has 1 aromatic rings. The summed E-state index contributed by atoms with van der Waals surface area (Å²) < 4.78 is 13.6. The third kappa shape index (κ3) is 2.01. The first-order valence-electron chi connectivity index (χ1n) is 4.58. The quantitative estimate of drug-likeness (QED) is 0.659. The Balaban J connectivity index is 3.39. The molecule has 2 heteroatoms. The summed E-state index contributed by atoms with van der Waals surface area (Å²) in [6, 6.07) is 1.61. The number of thioether (sulfide) groups is 1. The minimum Gasteiger partial charge on any atom is -0.206 e. The van der Waals surface area contributed by atoms with E-state index in [0.29, 0.717) is 0 Å². The average Bonchev–Trinajstić information content (AvgIpc) is 2.15. The van der Waals surface area contributed by atoms with E-state index in [-0.39, 0.29) is 5.82 Å². The summed E-state index contributed by atoms with van der Waals surface area (Å²) in [7, 11) is 0. The molecule has 0 aliphatic heterocycles. The Kier molecular flexibility index (Phi) is 3.76. The fraction of sp³-hybridized carbons (Fsp3) is 0.333. The molecular formula is C12H15FS. The van der Waals surface area contributed by atoms with Crippen LogP contribution >= 0.6 is 11.8 Å². The average molecular weight is 210 g/mol. The first kappa shape index (κ1) is 11.3. The predicted octanol–water partition coefficient (Wildman–Crippen LogP) is 4.20. The van der Waals surface area contributed by atoms with Crippen LogP contribution in [-0.4, -0.2) is 6.26 Å². The lowest BCUT2D eigenvalue weighted by molar-refractivity contribution is 0.598. The van der Waals surface area contributed by atoms with Gasteiger partial charge < -0.3 is 0 Å². The zero-order valence-corrected chi connectivity index (χ0v) is 9.83. The second-order valence-electron chi connectivity index (χ2n) is 3.23. The van der Waals surface area contributed by atoms with Crippen LogP contribution in [0.4, 0.5) is 4.39 Å². The molecule has 0 fully saturated rings. The van der Waals surface area contributed by atoms with Crippen molar-refractivity contribution >= 4 is 17.8 Å². The van der Waals surface area contributed by atoms with Crippen molar-refractivity contribution in [3.8, 4) is 0 Å². The van der Waals surface area contributed by atoms with Gasteiger partial charge in [0.05, 0.1) is 0 Å². The van der Waals surface area contributed by atoms with E-state index >= 15 is 0 Å². The van der Waals surface area contributed by atoms with Gasteiger partial charge >= 0.3 is 0 Å². The number of benzene rings is 1. The largest absolute Gasteiger partial charge is 0.206 e. The van der Waals surface area contributed by atoms with E-state index in [0.717, 1.165) is 21.6 Å². The third-order valence-corrected chi connectivity index (χ3v) is 3.30. The highest BCUT2D eigenvalue weighted by Gasteiger charge is 2.09. The molecule has 0 unspecified atom stereocenters. The lowest BCUT2D eigenvalue weighted by Gasteiger charge is -2.10. The minimum absolute atomic E-state index is 0.117. The van der Waals surface area contributed by atoms with Crippen LogP contribution in [0.5, 0.6) is 0 Å². The van der Waals surface area contributed by atoms with Gasteiger partial charge in [-0.2, -0.15) is 0 Å². The van der Waals surface area contributed by atoms with Gasteiger partial charge in [-0.1, -0.05) is 12.2 Å². The van der Waals surface area contributed by atoms with Crippen molar-refractivity contribution in [2.45, 2.75) is 25.7 Å². The molecule has 0 N–H and O–H groups in total. The SMILES string of the molecule is CC=Cc1cc(F)c(SC)c(C)c1C. The number of halogens is 1. The van der Waals surface area contributed by atoms with Gasteiger partial charge in [0.25, 0.3) is 0 Å². The minimum atomic E-state index is -0.117. The third-order valence-electron chi connectivity index (χ3n) is 2.39. The van der Waals surface area contributed by atoms with Gasteiger partial charge in [-0.3, -0.25) is 0 Å². The molecular weight excluding hydrogens is 195 g/mol. The first-order valence-corrected chi connectivity index (χ1v) is 5.80. The highest BCUT2D eigenvalue weighted by molar-refractivity contribution is 7.98. The van der Waals surface area contributed by atoms with E-state index < -0.39 is 0 Å². The molecule has 0 saturated heterocycles. The number of allylic oxidation sites excluding steroid dienone is 1. The summed E-state index contributed by atoms with van der Waals surface area (Å²) in [5, 5.41) is 0. The molecule has 0 bridgehead atoms. The lowest BCUT2D eigenvalue weighted by Crippen LogP contribution is -1.93. The van der Waals surface area contributed by atoms with Gasteiger partial charge in [-0.25, -0.2) is 4.39 Å². The van der Waals surface area contributed by atoms with Crippen molar-refractivity contribution in [2.24, 2.45) is 0 Å². The molecule has 14 heavy (non-hydrogen) atoms. The normalized spacial score (nSPS) is 11.2. The van der Waals surface area contributed by atoms with Gasteiger partial charge in [0.2, 0.25) is 0 Å². The van der Waals surface area contributed by atoms with Gasteiger partial charge in [-0.05, 0) is 49.8 Å². The molecule has 0 aliphatic carbocycles. The van der Waals surface area contributed by atoms with Crippen LogP contribution < -0.4 is 0 Å². The Morgan fingerprint density at radius 2 is 1.93 bits per heavy atom. The number of rotatable bonds is 2. The van der Waals surface area contributed by atoms with Crippen molar-refractivity contribution in [3.63, 3.8) is 0 Å². The molecule has 0 saturated carbocycles. The smallest absolute Gasteiger partial charge is 0.137 e. The van der Waals surface area contributed by atoms with Crippen LogP contribution in [0.1, 0.15) is 23.6 Å². The Bertz CT molecular complexity index is 367. The summed E-state index contributed by atoms with van der Waals surface area (Å²) in [5.41, 5.74) is 3.18. The first-order chi connectivity index (χ1) is 6.61. The topological polar surface area (TPSA) is 0 Å². The second-order valence-corrected chi connectivity index (χ2v) is 4.05. The van der Waals surface area contributed by atoms with Gasteiger partial charge in [0, 0.05) is 4.90 Å².